The highest BCUT2D eigenvalue weighted by atomic mass is 16.5. The summed E-state index contributed by atoms with van der Waals surface area (Å²) in [4.78, 5) is 43.4. The van der Waals surface area contributed by atoms with Crippen LogP contribution in [0.1, 0.15) is 23.7 Å². The number of para-hydroxylation sites is 2. The van der Waals surface area contributed by atoms with Gasteiger partial charge in [-0.3, -0.25) is 9.20 Å². The van der Waals surface area contributed by atoms with Gasteiger partial charge in [0.2, 0.25) is 11.4 Å². The van der Waals surface area contributed by atoms with Gasteiger partial charge < -0.3 is 19.5 Å². The van der Waals surface area contributed by atoms with Crippen molar-refractivity contribution in [2.24, 2.45) is 11.8 Å². The smallest absolute Gasteiger partial charge is 0.345 e. The number of rotatable bonds is 3. The fourth-order valence-corrected chi connectivity index (χ4v) is 5.47. The van der Waals surface area contributed by atoms with Crippen LogP contribution in [0.3, 0.4) is 0 Å². The van der Waals surface area contributed by atoms with E-state index in [4.69, 9.17) is 9.72 Å². The zero-order valence-electron chi connectivity index (χ0n) is 18.7. The summed E-state index contributed by atoms with van der Waals surface area (Å²) in [6.45, 7) is 5.95. The summed E-state index contributed by atoms with van der Waals surface area (Å²) in [5, 5.41) is 0.306. The lowest BCUT2D eigenvalue weighted by molar-refractivity contribution is 0.0527. The van der Waals surface area contributed by atoms with Gasteiger partial charge in [0, 0.05) is 25.8 Å². The standard InChI is InChI=1S/C24H26N6O3/c1-3-33-23(32)19-20(31)16-10-25-24(29-12-14-8-9-28(2)11-15(14)13-29)27-21(16)30-18-7-5-4-6-17(18)26-22(19)30/h4-7,10,14-15,26H,3,8-9,11-13H2,1-2H3. The molecule has 0 aliphatic carbocycles. The molecule has 0 bridgehead atoms. The van der Waals surface area contributed by atoms with Gasteiger partial charge in [-0.25, -0.2) is 9.78 Å². The Morgan fingerprint density at radius 2 is 2.03 bits per heavy atom. The number of likely N-dealkylation sites (tertiary alicyclic amines) is 1. The Morgan fingerprint density at radius 1 is 1.21 bits per heavy atom. The molecule has 9 heteroatoms. The Hall–Kier alpha value is -3.46. The van der Waals surface area contributed by atoms with E-state index in [1.54, 1.807) is 13.1 Å². The third-order valence-electron chi connectivity index (χ3n) is 7.06. The summed E-state index contributed by atoms with van der Waals surface area (Å²) in [5.74, 6) is 1.22. The first-order valence-corrected chi connectivity index (χ1v) is 11.5. The maximum atomic E-state index is 13.4. The molecule has 170 valence electrons. The van der Waals surface area contributed by atoms with Gasteiger partial charge in [-0.2, -0.15) is 4.98 Å². The van der Waals surface area contributed by atoms with Crippen molar-refractivity contribution in [3.05, 3.63) is 46.2 Å². The Bertz CT molecular complexity index is 1460. The molecule has 0 saturated carbocycles. The number of hydrogen-bond donors (Lipinski definition) is 1. The first-order valence-electron chi connectivity index (χ1n) is 11.5. The lowest BCUT2D eigenvalue weighted by Gasteiger charge is -2.31. The Kier molecular flexibility index (Phi) is 4.62. The van der Waals surface area contributed by atoms with Gasteiger partial charge >= 0.3 is 5.97 Å². The van der Waals surface area contributed by atoms with Crippen LogP contribution < -0.4 is 10.3 Å². The molecule has 2 unspecified atom stereocenters. The number of benzene rings is 1. The lowest BCUT2D eigenvalue weighted by Crippen LogP contribution is -2.37. The van der Waals surface area contributed by atoms with Gasteiger partial charge in [0.05, 0.1) is 23.0 Å². The Balaban J connectivity index is 1.56. The van der Waals surface area contributed by atoms with Crippen molar-refractivity contribution in [2.75, 3.05) is 44.7 Å². The minimum Gasteiger partial charge on any atom is -0.462 e. The quantitative estimate of drug-likeness (QED) is 0.483. The SMILES string of the molecule is CCOC(=O)c1c(=O)c2cnc(N3CC4CCN(C)CC4C3)nc2n2c1[nH]c1ccccc12. The van der Waals surface area contributed by atoms with Crippen LogP contribution in [0.2, 0.25) is 0 Å². The van der Waals surface area contributed by atoms with Crippen LogP contribution in [0.4, 0.5) is 5.95 Å². The number of carbonyl (C=O) groups excluding carboxylic acids is 1. The van der Waals surface area contributed by atoms with Crippen molar-refractivity contribution in [1.82, 2.24) is 24.3 Å². The fourth-order valence-electron chi connectivity index (χ4n) is 5.47. The first kappa shape index (κ1) is 20.2. The molecular weight excluding hydrogens is 420 g/mol. The third-order valence-corrected chi connectivity index (χ3v) is 7.06. The normalized spacial score (nSPS) is 21.2. The number of nitrogens with zero attached hydrogens (tertiary/aromatic N) is 5. The second-order valence-electron chi connectivity index (χ2n) is 9.13. The number of aromatic nitrogens is 4. The van der Waals surface area contributed by atoms with Gasteiger partial charge in [-0.15, -0.1) is 0 Å². The second-order valence-corrected chi connectivity index (χ2v) is 9.13. The van der Waals surface area contributed by atoms with Crippen LogP contribution in [-0.4, -0.2) is 70.1 Å². The number of piperidine rings is 1. The third kappa shape index (κ3) is 3.10. The molecule has 1 N–H and O–H groups in total. The summed E-state index contributed by atoms with van der Waals surface area (Å²) in [6.07, 6.45) is 2.74. The summed E-state index contributed by atoms with van der Waals surface area (Å²) in [6, 6.07) is 7.69. The fraction of sp³-hybridized carbons (Fsp3) is 0.417. The van der Waals surface area contributed by atoms with Crippen molar-refractivity contribution >= 4 is 39.6 Å². The van der Waals surface area contributed by atoms with Crippen LogP contribution in [0.5, 0.6) is 0 Å². The minimum atomic E-state index is -0.648. The topological polar surface area (TPSA) is 95.8 Å². The molecule has 2 aliphatic rings. The van der Waals surface area contributed by atoms with E-state index in [-0.39, 0.29) is 12.2 Å². The first-order chi connectivity index (χ1) is 16.0. The molecule has 4 aromatic rings. The van der Waals surface area contributed by atoms with Crippen molar-refractivity contribution in [3.8, 4) is 0 Å². The average molecular weight is 447 g/mol. The number of ether oxygens (including phenoxy) is 1. The highest BCUT2D eigenvalue weighted by Crippen LogP contribution is 2.33. The van der Waals surface area contributed by atoms with Crippen molar-refractivity contribution in [2.45, 2.75) is 13.3 Å². The number of carbonyl (C=O) groups is 1. The molecule has 9 nitrogen and oxygen atoms in total. The number of H-pyrrole nitrogens is 1. The van der Waals surface area contributed by atoms with E-state index in [9.17, 15) is 9.59 Å². The number of imidazole rings is 1. The number of hydrogen-bond acceptors (Lipinski definition) is 7. The summed E-state index contributed by atoms with van der Waals surface area (Å²) < 4.78 is 7.05. The molecule has 2 saturated heterocycles. The van der Waals surface area contributed by atoms with Gasteiger partial charge in [0.1, 0.15) is 11.2 Å². The van der Waals surface area contributed by atoms with Crippen LogP contribution in [-0.2, 0) is 4.74 Å². The zero-order valence-corrected chi connectivity index (χ0v) is 18.7. The van der Waals surface area contributed by atoms with E-state index in [0.717, 1.165) is 37.2 Å². The number of aromatic amines is 1. The van der Waals surface area contributed by atoms with Gasteiger partial charge in [-0.05, 0) is 50.9 Å². The van der Waals surface area contributed by atoms with E-state index < -0.39 is 11.4 Å². The lowest BCUT2D eigenvalue weighted by atomic mass is 9.89. The number of pyridine rings is 1. The van der Waals surface area contributed by atoms with Gasteiger partial charge in [0.15, 0.2) is 5.65 Å². The summed E-state index contributed by atoms with van der Waals surface area (Å²) in [7, 11) is 2.17. The number of esters is 1. The minimum absolute atomic E-state index is 0.0212. The predicted molar refractivity (Wildman–Crippen MR) is 126 cm³/mol. The van der Waals surface area contributed by atoms with Crippen LogP contribution in [0.15, 0.2) is 35.3 Å². The van der Waals surface area contributed by atoms with Gasteiger partial charge in [-0.1, -0.05) is 12.1 Å². The molecule has 0 amide bonds. The number of anilines is 1. The van der Waals surface area contributed by atoms with E-state index in [2.05, 4.69) is 26.8 Å². The molecule has 1 aromatic carbocycles. The maximum absolute atomic E-state index is 13.4. The average Bonchev–Trinajstić information content (AvgIpc) is 3.40. The second kappa shape index (κ2) is 7.55. The van der Waals surface area contributed by atoms with Crippen LogP contribution in [0.25, 0.3) is 27.7 Å². The van der Waals surface area contributed by atoms with E-state index in [1.165, 1.54) is 6.42 Å². The van der Waals surface area contributed by atoms with Gasteiger partial charge in [0.25, 0.3) is 0 Å². The molecule has 5 heterocycles. The van der Waals surface area contributed by atoms with Crippen molar-refractivity contribution in [1.29, 1.82) is 0 Å². The molecule has 0 spiro atoms. The maximum Gasteiger partial charge on any atom is 0.345 e. The molecule has 6 rings (SSSR count). The number of fused-ring (bicyclic) bond motifs is 6. The molecule has 2 atom stereocenters. The molecule has 3 aromatic heterocycles. The Morgan fingerprint density at radius 3 is 2.88 bits per heavy atom. The molecule has 2 aliphatic heterocycles. The summed E-state index contributed by atoms with van der Waals surface area (Å²) >= 11 is 0. The highest BCUT2D eigenvalue weighted by molar-refractivity contribution is 6.02. The highest BCUT2D eigenvalue weighted by Gasteiger charge is 2.37. The van der Waals surface area contributed by atoms with Crippen molar-refractivity contribution < 1.29 is 9.53 Å². The number of nitrogens with one attached hydrogen (secondary N) is 1. The van der Waals surface area contributed by atoms with E-state index in [1.807, 2.05) is 28.7 Å². The van der Waals surface area contributed by atoms with E-state index in [0.29, 0.717) is 34.5 Å². The molecule has 0 radical (unpaired) electrons. The monoisotopic (exact) mass is 446 g/mol. The van der Waals surface area contributed by atoms with Crippen LogP contribution in [0, 0.1) is 11.8 Å². The predicted octanol–water partition coefficient (Wildman–Crippen LogP) is 2.29. The molecular formula is C24H26N6O3. The van der Waals surface area contributed by atoms with Crippen LogP contribution >= 0.6 is 0 Å². The van der Waals surface area contributed by atoms with Crippen molar-refractivity contribution in [3.63, 3.8) is 0 Å². The summed E-state index contributed by atoms with van der Waals surface area (Å²) in [5.41, 5.74) is 2.10. The largest absolute Gasteiger partial charge is 0.462 e. The van der Waals surface area contributed by atoms with E-state index >= 15 is 0 Å². The Labute approximate surface area is 190 Å². The molecule has 33 heavy (non-hydrogen) atoms. The molecule has 2 fully saturated rings. The zero-order chi connectivity index (χ0) is 22.7.